The number of H-pyrrole nitrogens is 1. The maximum Gasteiger partial charge on any atom is 0.238 e. The van der Waals surface area contributed by atoms with Crippen LogP contribution in [0.1, 0.15) is 0 Å². The summed E-state index contributed by atoms with van der Waals surface area (Å²) in [7, 11) is -3.70. The van der Waals surface area contributed by atoms with Gasteiger partial charge in [0.25, 0.3) is 0 Å². The van der Waals surface area contributed by atoms with Crippen LogP contribution in [0.2, 0.25) is 0 Å². The average molecular weight is 273 g/mol. The zero-order chi connectivity index (χ0) is 13.5. The van der Waals surface area contributed by atoms with Crippen LogP contribution in [0.4, 0.5) is 0 Å². The van der Waals surface area contributed by atoms with Gasteiger partial charge in [0.15, 0.2) is 0 Å². The number of nitrogens with one attached hydrogen (secondary N) is 1. The fraction of sp³-hybridized carbons (Fsp3) is 0. The fourth-order valence-electron chi connectivity index (χ4n) is 2.04. The molecule has 5 nitrogen and oxygen atoms in total. The van der Waals surface area contributed by atoms with E-state index in [9.17, 15) is 8.42 Å². The summed E-state index contributed by atoms with van der Waals surface area (Å²) in [5.74, 6) is 0. The van der Waals surface area contributed by atoms with E-state index in [1.165, 1.54) is 6.07 Å². The van der Waals surface area contributed by atoms with Crippen LogP contribution in [0.25, 0.3) is 22.2 Å². The Kier molecular flexibility index (Phi) is 2.62. The molecule has 0 unspecified atom stereocenters. The van der Waals surface area contributed by atoms with Crippen LogP contribution in [0, 0.1) is 0 Å². The monoisotopic (exact) mass is 273 g/mol. The van der Waals surface area contributed by atoms with E-state index in [0.29, 0.717) is 0 Å². The number of nitrogens with two attached hydrogens (primary N) is 1. The molecule has 0 amide bonds. The van der Waals surface area contributed by atoms with Crippen molar-refractivity contribution in [2.24, 2.45) is 5.14 Å². The lowest BCUT2D eigenvalue weighted by atomic mass is 10.0. The van der Waals surface area contributed by atoms with Crippen molar-refractivity contribution in [2.75, 3.05) is 0 Å². The predicted molar refractivity (Wildman–Crippen MR) is 72.9 cm³/mol. The molecule has 6 heteroatoms. The molecule has 2 aromatic carbocycles. The highest BCUT2D eigenvalue weighted by atomic mass is 32.2. The molecule has 0 aliphatic carbocycles. The number of nitrogens with zero attached hydrogens (tertiary/aromatic N) is 1. The molecule has 19 heavy (non-hydrogen) atoms. The van der Waals surface area contributed by atoms with E-state index in [1.54, 1.807) is 18.5 Å². The summed E-state index contributed by atoms with van der Waals surface area (Å²) in [6.45, 7) is 0. The van der Waals surface area contributed by atoms with Crippen LogP contribution in [-0.2, 0) is 10.0 Å². The van der Waals surface area contributed by atoms with Gasteiger partial charge in [0.05, 0.1) is 22.3 Å². The molecule has 0 aliphatic heterocycles. The van der Waals surface area contributed by atoms with Gasteiger partial charge in [-0.25, -0.2) is 18.5 Å². The van der Waals surface area contributed by atoms with Crippen LogP contribution in [-0.4, -0.2) is 18.4 Å². The Balaban J connectivity index is 2.25. The third kappa shape index (κ3) is 2.11. The highest BCUT2D eigenvalue weighted by Crippen LogP contribution is 2.27. The molecule has 3 aromatic rings. The number of para-hydroxylation sites is 1. The maximum atomic E-state index is 11.4. The van der Waals surface area contributed by atoms with Gasteiger partial charge >= 0.3 is 0 Å². The molecule has 3 N–H and O–H groups in total. The molecule has 0 spiro atoms. The highest BCUT2D eigenvalue weighted by Gasteiger charge is 2.11. The summed E-state index contributed by atoms with van der Waals surface area (Å²) in [6, 6.07) is 12.2. The minimum absolute atomic E-state index is 0.0949. The number of sulfonamides is 1. The van der Waals surface area contributed by atoms with Gasteiger partial charge in [0.2, 0.25) is 10.0 Å². The second kappa shape index (κ2) is 4.18. The fourth-order valence-corrected chi connectivity index (χ4v) is 2.60. The second-order valence-corrected chi connectivity index (χ2v) is 5.74. The quantitative estimate of drug-likeness (QED) is 0.747. The molecule has 0 atom stereocenters. The van der Waals surface area contributed by atoms with Crippen molar-refractivity contribution in [3.8, 4) is 11.1 Å². The largest absolute Gasteiger partial charge is 0.345 e. The van der Waals surface area contributed by atoms with E-state index in [1.807, 2.05) is 24.3 Å². The Bertz CT molecular complexity index is 853. The number of primary sulfonamides is 1. The number of aromatic amines is 1. The van der Waals surface area contributed by atoms with Gasteiger partial charge in [-0.3, -0.25) is 0 Å². The van der Waals surface area contributed by atoms with Gasteiger partial charge in [-0.05, 0) is 23.8 Å². The van der Waals surface area contributed by atoms with Crippen LogP contribution < -0.4 is 5.14 Å². The van der Waals surface area contributed by atoms with Gasteiger partial charge in [0, 0.05) is 5.56 Å². The molecule has 1 heterocycles. The van der Waals surface area contributed by atoms with Crippen molar-refractivity contribution >= 4 is 21.1 Å². The Hall–Kier alpha value is -2.18. The molecule has 0 saturated carbocycles. The highest BCUT2D eigenvalue weighted by molar-refractivity contribution is 7.89. The van der Waals surface area contributed by atoms with Crippen molar-refractivity contribution in [3.05, 3.63) is 48.8 Å². The van der Waals surface area contributed by atoms with Crippen molar-refractivity contribution in [1.82, 2.24) is 9.97 Å². The van der Waals surface area contributed by atoms with E-state index < -0.39 is 10.0 Å². The van der Waals surface area contributed by atoms with Crippen molar-refractivity contribution in [3.63, 3.8) is 0 Å². The predicted octanol–water partition coefficient (Wildman–Crippen LogP) is 1.88. The number of hydrogen-bond acceptors (Lipinski definition) is 3. The van der Waals surface area contributed by atoms with Crippen molar-refractivity contribution in [2.45, 2.75) is 4.90 Å². The molecular formula is C13H11N3O2S. The molecule has 1 aromatic heterocycles. The topological polar surface area (TPSA) is 88.8 Å². The molecule has 0 radical (unpaired) electrons. The molecule has 0 bridgehead atoms. The van der Waals surface area contributed by atoms with E-state index in [4.69, 9.17) is 5.14 Å². The lowest BCUT2D eigenvalue weighted by Gasteiger charge is -2.05. The maximum absolute atomic E-state index is 11.4. The van der Waals surface area contributed by atoms with Gasteiger partial charge < -0.3 is 4.98 Å². The molecule has 3 rings (SSSR count). The van der Waals surface area contributed by atoms with Crippen LogP contribution in [0.15, 0.2) is 53.7 Å². The Morgan fingerprint density at radius 1 is 1.11 bits per heavy atom. The summed E-state index contributed by atoms with van der Waals surface area (Å²) in [6.07, 6.45) is 1.61. The van der Waals surface area contributed by atoms with Gasteiger partial charge in [-0.15, -0.1) is 0 Å². The smallest absolute Gasteiger partial charge is 0.238 e. The van der Waals surface area contributed by atoms with Gasteiger partial charge in [0.1, 0.15) is 0 Å². The minimum atomic E-state index is -3.70. The second-order valence-electron chi connectivity index (χ2n) is 4.18. The standard InChI is InChI=1S/C13H11N3O2S/c14-19(17,18)10-4-1-3-9(7-10)11-5-2-6-12-13(11)16-8-15-12/h1-8H,(H,15,16)(H2,14,17,18). The summed E-state index contributed by atoms with van der Waals surface area (Å²) >= 11 is 0. The lowest BCUT2D eigenvalue weighted by Crippen LogP contribution is -2.11. The first-order chi connectivity index (χ1) is 9.05. The zero-order valence-electron chi connectivity index (χ0n) is 9.87. The summed E-state index contributed by atoms with van der Waals surface area (Å²) in [4.78, 5) is 7.37. The number of fused-ring (bicyclic) bond motifs is 1. The normalized spacial score (nSPS) is 11.8. The number of benzene rings is 2. The van der Waals surface area contributed by atoms with Crippen LogP contribution in [0.5, 0.6) is 0 Å². The number of aromatic nitrogens is 2. The number of hydrogen-bond donors (Lipinski definition) is 2. The Morgan fingerprint density at radius 2 is 1.89 bits per heavy atom. The van der Waals surface area contributed by atoms with Gasteiger partial charge in [-0.1, -0.05) is 24.3 Å². The first-order valence-electron chi connectivity index (χ1n) is 5.61. The average Bonchev–Trinajstić information content (AvgIpc) is 2.86. The third-order valence-electron chi connectivity index (χ3n) is 2.92. The molecule has 96 valence electrons. The molecule has 0 aliphatic rings. The van der Waals surface area contributed by atoms with E-state index >= 15 is 0 Å². The SMILES string of the molecule is NS(=O)(=O)c1cccc(-c2cccc3[nH]cnc23)c1. The molecule has 0 saturated heterocycles. The summed E-state index contributed by atoms with van der Waals surface area (Å²) in [5, 5.41) is 5.15. The zero-order valence-corrected chi connectivity index (χ0v) is 10.7. The lowest BCUT2D eigenvalue weighted by molar-refractivity contribution is 0.598. The first-order valence-corrected chi connectivity index (χ1v) is 7.16. The summed E-state index contributed by atoms with van der Waals surface area (Å²) < 4.78 is 22.8. The van der Waals surface area contributed by atoms with E-state index in [2.05, 4.69) is 9.97 Å². The van der Waals surface area contributed by atoms with E-state index in [0.717, 1.165) is 22.2 Å². The minimum Gasteiger partial charge on any atom is -0.345 e. The van der Waals surface area contributed by atoms with Crippen molar-refractivity contribution in [1.29, 1.82) is 0 Å². The Morgan fingerprint density at radius 3 is 2.68 bits per heavy atom. The van der Waals surface area contributed by atoms with E-state index in [-0.39, 0.29) is 4.90 Å². The summed E-state index contributed by atoms with van der Waals surface area (Å²) in [5.41, 5.74) is 3.33. The number of imidazole rings is 1. The van der Waals surface area contributed by atoms with Crippen molar-refractivity contribution < 1.29 is 8.42 Å². The first kappa shape index (κ1) is 11.9. The Labute approximate surface area is 110 Å². The molecular weight excluding hydrogens is 262 g/mol. The van der Waals surface area contributed by atoms with Crippen LogP contribution >= 0.6 is 0 Å². The van der Waals surface area contributed by atoms with Crippen LogP contribution in [0.3, 0.4) is 0 Å². The third-order valence-corrected chi connectivity index (χ3v) is 3.83. The number of rotatable bonds is 2. The van der Waals surface area contributed by atoms with Gasteiger partial charge in [-0.2, -0.15) is 0 Å². The molecule has 0 fully saturated rings.